The first kappa shape index (κ1) is 16.4. The van der Waals surface area contributed by atoms with Gasteiger partial charge in [0.15, 0.2) is 30.6 Å². The van der Waals surface area contributed by atoms with E-state index in [-0.39, 0.29) is 24.2 Å². The molecule has 1 heterocycles. The minimum Gasteiger partial charge on any atom is -0.479 e. The van der Waals surface area contributed by atoms with Crippen LogP contribution in [-0.4, -0.2) is 22.7 Å². The van der Waals surface area contributed by atoms with Gasteiger partial charge in [-0.25, -0.2) is 9.18 Å². The molecule has 118 valence electrons. The number of aromatic nitrogens is 2. The Morgan fingerprint density at radius 1 is 1.45 bits per heavy atom. The molecule has 0 fully saturated rings. The van der Waals surface area contributed by atoms with Crippen molar-refractivity contribution in [2.24, 2.45) is 0 Å². The van der Waals surface area contributed by atoms with Crippen LogP contribution in [0.3, 0.4) is 0 Å². The summed E-state index contributed by atoms with van der Waals surface area (Å²) in [5, 5.41) is 3.74. The maximum atomic E-state index is 13.5. The summed E-state index contributed by atoms with van der Waals surface area (Å²) in [6, 6.07) is 4.27. The number of ether oxygens (including phenoxy) is 2. The van der Waals surface area contributed by atoms with Gasteiger partial charge in [0.2, 0.25) is 0 Å². The standard InChI is InChI=1S/C14H14BrFN2O4/c1-8(2)14-17-12(22-18-14)6-21-13(19)7-20-11-4-3-9(15)5-10(11)16/h3-5,8H,6-7H2,1-2H3. The summed E-state index contributed by atoms with van der Waals surface area (Å²) in [6.45, 7) is 3.27. The number of rotatable bonds is 6. The zero-order valence-electron chi connectivity index (χ0n) is 12.0. The van der Waals surface area contributed by atoms with Crippen LogP contribution in [0.25, 0.3) is 0 Å². The third kappa shape index (κ3) is 4.52. The van der Waals surface area contributed by atoms with Crippen LogP contribution in [0.5, 0.6) is 5.75 Å². The van der Waals surface area contributed by atoms with E-state index < -0.39 is 18.4 Å². The van der Waals surface area contributed by atoms with E-state index in [1.807, 2.05) is 13.8 Å². The highest BCUT2D eigenvalue weighted by atomic mass is 79.9. The molecule has 0 aliphatic carbocycles. The van der Waals surface area contributed by atoms with Crippen LogP contribution in [-0.2, 0) is 16.1 Å². The summed E-state index contributed by atoms with van der Waals surface area (Å²) < 4.78 is 29.0. The molecule has 1 aromatic heterocycles. The third-order valence-electron chi connectivity index (χ3n) is 2.60. The van der Waals surface area contributed by atoms with Crippen LogP contribution in [0.1, 0.15) is 31.5 Å². The lowest BCUT2D eigenvalue weighted by Crippen LogP contribution is -2.15. The van der Waals surface area contributed by atoms with Crippen molar-refractivity contribution in [2.75, 3.05) is 6.61 Å². The molecule has 0 saturated carbocycles. The Balaban J connectivity index is 1.80. The molecule has 0 radical (unpaired) electrons. The second-order valence-electron chi connectivity index (χ2n) is 4.73. The van der Waals surface area contributed by atoms with Crippen LogP contribution in [0.4, 0.5) is 4.39 Å². The van der Waals surface area contributed by atoms with E-state index in [1.54, 1.807) is 6.07 Å². The average molecular weight is 373 g/mol. The van der Waals surface area contributed by atoms with Gasteiger partial charge in [0.05, 0.1) is 0 Å². The maximum absolute atomic E-state index is 13.5. The van der Waals surface area contributed by atoms with Crippen molar-refractivity contribution in [3.63, 3.8) is 0 Å². The van der Waals surface area contributed by atoms with E-state index in [4.69, 9.17) is 14.0 Å². The summed E-state index contributed by atoms with van der Waals surface area (Å²) >= 11 is 3.13. The molecular weight excluding hydrogens is 359 g/mol. The molecule has 2 rings (SSSR count). The second-order valence-corrected chi connectivity index (χ2v) is 5.64. The smallest absolute Gasteiger partial charge is 0.344 e. The van der Waals surface area contributed by atoms with Gasteiger partial charge in [0.25, 0.3) is 5.89 Å². The highest BCUT2D eigenvalue weighted by Crippen LogP contribution is 2.21. The predicted molar refractivity (Wildman–Crippen MR) is 77.8 cm³/mol. The van der Waals surface area contributed by atoms with Gasteiger partial charge in [0.1, 0.15) is 0 Å². The fourth-order valence-corrected chi connectivity index (χ4v) is 1.81. The van der Waals surface area contributed by atoms with E-state index >= 15 is 0 Å². The fraction of sp³-hybridized carbons (Fsp3) is 0.357. The molecule has 1 aromatic carbocycles. The van der Waals surface area contributed by atoms with Crippen molar-refractivity contribution in [3.8, 4) is 5.75 Å². The van der Waals surface area contributed by atoms with E-state index in [9.17, 15) is 9.18 Å². The molecule has 0 aliphatic heterocycles. The maximum Gasteiger partial charge on any atom is 0.344 e. The summed E-state index contributed by atoms with van der Waals surface area (Å²) in [6.07, 6.45) is 0. The van der Waals surface area contributed by atoms with E-state index in [2.05, 4.69) is 26.1 Å². The molecule has 0 spiro atoms. The lowest BCUT2D eigenvalue weighted by Gasteiger charge is -2.06. The average Bonchev–Trinajstić information content (AvgIpc) is 2.93. The highest BCUT2D eigenvalue weighted by Gasteiger charge is 2.13. The van der Waals surface area contributed by atoms with Gasteiger partial charge < -0.3 is 14.0 Å². The minimum atomic E-state index is -0.661. The van der Waals surface area contributed by atoms with Crippen LogP contribution >= 0.6 is 15.9 Å². The monoisotopic (exact) mass is 372 g/mol. The lowest BCUT2D eigenvalue weighted by atomic mass is 10.2. The Morgan fingerprint density at radius 3 is 2.86 bits per heavy atom. The Labute approximate surface area is 134 Å². The first-order chi connectivity index (χ1) is 10.5. The van der Waals surface area contributed by atoms with Crippen molar-refractivity contribution in [1.82, 2.24) is 10.1 Å². The number of hydrogen-bond acceptors (Lipinski definition) is 6. The molecule has 0 bridgehead atoms. The van der Waals surface area contributed by atoms with Gasteiger partial charge in [-0.1, -0.05) is 34.9 Å². The predicted octanol–water partition coefficient (Wildman–Crippen LogP) is 3.22. The molecular formula is C14H14BrFN2O4. The summed E-state index contributed by atoms with van der Waals surface area (Å²) in [5.74, 6) is -0.393. The second kappa shape index (κ2) is 7.35. The number of hydrogen-bond donors (Lipinski definition) is 0. The molecule has 0 N–H and O–H groups in total. The number of carbonyl (C=O) groups is 1. The molecule has 0 saturated heterocycles. The van der Waals surface area contributed by atoms with E-state index in [1.165, 1.54) is 12.1 Å². The topological polar surface area (TPSA) is 74.5 Å². The molecule has 0 amide bonds. The van der Waals surface area contributed by atoms with Crippen LogP contribution < -0.4 is 4.74 Å². The number of benzene rings is 1. The summed E-state index contributed by atoms with van der Waals surface area (Å²) in [7, 11) is 0. The molecule has 0 atom stereocenters. The van der Waals surface area contributed by atoms with Gasteiger partial charge in [-0.15, -0.1) is 0 Å². The SMILES string of the molecule is CC(C)c1noc(COC(=O)COc2ccc(Br)cc2F)n1. The minimum absolute atomic E-state index is 0.0277. The Kier molecular flexibility index (Phi) is 5.48. The van der Waals surface area contributed by atoms with Crippen molar-refractivity contribution in [3.05, 3.63) is 40.2 Å². The van der Waals surface area contributed by atoms with Gasteiger partial charge in [-0.05, 0) is 18.2 Å². The lowest BCUT2D eigenvalue weighted by molar-refractivity contribution is -0.148. The molecule has 22 heavy (non-hydrogen) atoms. The van der Waals surface area contributed by atoms with Gasteiger partial charge >= 0.3 is 5.97 Å². The molecule has 2 aromatic rings. The summed E-state index contributed by atoms with van der Waals surface area (Å²) in [5.41, 5.74) is 0. The first-order valence-corrected chi connectivity index (χ1v) is 7.31. The van der Waals surface area contributed by atoms with Crippen molar-refractivity contribution < 1.29 is 23.2 Å². The van der Waals surface area contributed by atoms with E-state index in [0.29, 0.717) is 10.3 Å². The molecule has 0 unspecified atom stereocenters. The molecule has 8 heteroatoms. The Hall–Kier alpha value is -1.96. The summed E-state index contributed by atoms with van der Waals surface area (Å²) in [4.78, 5) is 15.6. The number of halogens is 2. The fourth-order valence-electron chi connectivity index (χ4n) is 1.47. The Morgan fingerprint density at radius 2 is 2.23 bits per heavy atom. The van der Waals surface area contributed by atoms with Crippen LogP contribution in [0.2, 0.25) is 0 Å². The third-order valence-corrected chi connectivity index (χ3v) is 3.09. The van der Waals surface area contributed by atoms with Crippen LogP contribution in [0, 0.1) is 5.82 Å². The number of esters is 1. The Bertz CT molecular complexity index is 660. The van der Waals surface area contributed by atoms with Crippen molar-refractivity contribution >= 4 is 21.9 Å². The van der Waals surface area contributed by atoms with Gasteiger partial charge in [-0.2, -0.15) is 4.98 Å². The largest absolute Gasteiger partial charge is 0.479 e. The highest BCUT2D eigenvalue weighted by molar-refractivity contribution is 9.10. The zero-order chi connectivity index (χ0) is 16.1. The number of nitrogens with zero attached hydrogens (tertiary/aromatic N) is 2. The normalized spacial score (nSPS) is 10.8. The first-order valence-electron chi connectivity index (χ1n) is 6.51. The van der Waals surface area contributed by atoms with Gasteiger partial charge in [-0.3, -0.25) is 0 Å². The molecule has 0 aliphatic rings. The van der Waals surface area contributed by atoms with Gasteiger partial charge in [0, 0.05) is 10.4 Å². The number of carbonyl (C=O) groups excluding carboxylic acids is 1. The zero-order valence-corrected chi connectivity index (χ0v) is 13.6. The van der Waals surface area contributed by atoms with Crippen LogP contribution in [0.15, 0.2) is 27.2 Å². The van der Waals surface area contributed by atoms with E-state index in [0.717, 1.165) is 0 Å². The molecule has 6 nitrogen and oxygen atoms in total. The van der Waals surface area contributed by atoms with Crippen molar-refractivity contribution in [2.45, 2.75) is 26.4 Å². The van der Waals surface area contributed by atoms with Crippen molar-refractivity contribution in [1.29, 1.82) is 0 Å². The quantitative estimate of drug-likeness (QED) is 0.724.